The van der Waals surface area contributed by atoms with E-state index in [4.69, 9.17) is 9.47 Å². The Morgan fingerprint density at radius 3 is 2.29 bits per heavy atom. The monoisotopic (exact) mass is 525 g/mol. The molecule has 7 nitrogen and oxygen atoms in total. The smallest absolute Gasteiger partial charge is 0.491 e. The number of para-hydroxylation sites is 1. The van der Waals surface area contributed by atoms with Gasteiger partial charge in [0.2, 0.25) is 0 Å². The van der Waals surface area contributed by atoms with E-state index in [1.807, 2.05) is 30.3 Å². The fourth-order valence-corrected chi connectivity index (χ4v) is 4.26. The molecular weight excluding hydrogens is 506 g/mol. The van der Waals surface area contributed by atoms with E-state index in [0.29, 0.717) is 34.1 Å². The summed E-state index contributed by atoms with van der Waals surface area (Å²) in [5.74, 6) is -3.94. The number of pyridine rings is 1. The number of nitrogens with one attached hydrogen (secondary N) is 1. The number of aromatic nitrogens is 3. The maximum Gasteiger partial charge on any atom is 0.491 e. The van der Waals surface area contributed by atoms with Crippen molar-refractivity contribution in [2.75, 3.05) is 14.2 Å². The molecule has 0 aliphatic rings. The van der Waals surface area contributed by atoms with Gasteiger partial charge in [-0.2, -0.15) is 18.3 Å². The van der Waals surface area contributed by atoms with Gasteiger partial charge in [0.25, 0.3) is 0 Å². The molecule has 38 heavy (non-hydrogen) atoms. The van der Waals surface area contributed by atoms with Crippen molar-refractivity contribution in [3.63, 3.8) is 0 Å². The van der Waals surface area contributed by atoms with Crippen LogP contribution in [0.25, 0.3) is 33.1 Å². The van der Waals surface area contributed by atoms with Gasteiger partial charge < -0.3 is 14.2 Å². The molecule has 5 aromatic rings. The molecule has 0 atom stereocenters. The van der Waals surface area contributed by atoms with Gasteiger partial charge in [-0.3, -0.25) is 5.10 Å². The van der Waals surface area contributed by atoms with Crippen LogP contribution in [0.1, 0.15) is 11.3 Å². The van der Waals surface area contributed by atoms with E-state index in [0.717, 1.165) is 17.3 Å². The first-order chi connectivity index (χ1) is 18.2. The molecule has 3 aromatic carbocycles. The molecule has 0 fully saturated rings. The molecule has 0 radical (unpaired) electrons. The molecule has 1 N–H and O–H groups in total. The molecule has 0 aliphatic carbocycles. The summed E-state index contributed by atoms with van der Waals surface area (Å²) in [6, 6.07) is 16.4. The van der Waals surface area contributed by atoms with Gasteiger partial charge in [-0.05, 0) is 29.8 Å². The van der Waals surface area contributed by atoms with Crippen LogP contribution in [0.3, 0.4) is 0 Å². The van der Waals surface area contributed by atoms with E-state index < -0.39 is 23.7 Å². The second-order valence-corrected chi connectivity index (χ2v) is 8.28. The van der Waals surface area contributed by atoms with Crippen LogP contribution < -0.4 is 14.2 Å². The van der Waals surface area contributed by atoms with Crippen molar-refractivity contribution in [3.05, 3.63) is 77.7 Å². The zero-order valence-corrected chi connectivity index (χ0v) is 20.0. The fourth-order valence-electron chi connectivity index (χ4n) is 4.26. The Bertz CT molecular complexity index is 1670. The maximum atomic E-state index is 14.8. The quantitative estimate of drug-likeness (QED) is 0.166. The van der Waals surface area contributed by atoms with Gasteiger partial charge in [0.05, 0.1) is 25.3 Å². The van der Waals surface area contributed by atoms with Gasteiger partial charge in [0.1, 0.15) is 0 Å². The van der Waals surface area contributed by atoms with Gasteiger partial charge in [-0.1, -0.05) is 36.4 Å². The number of ether oxygens (including phenoxy) is 3. The number of hydrogen-bond donors (Lipinski definition) is 1. The highest BCUT2D eigenvalue weighted by atomic mass is 19.4. The van der Waals surface area contributed by atoms with Crippen molar-refractivity contribution >= 4 is 27.8 Å². The molecule has 194 valence electrons. The average molecular weight is 525 g/mol. The first-order valence-corrected chi connectivity index (χ1v) is 11.3. The standard InChI is InChI=1S/C27H19F4N3O4/c1-36-20-12-16-17(13-21(20)37-2)23(15-9-6-10-18(28)24(15)38-26(35)27(29,30)31)32-25-22(16)19(33-34-25)11-14-7-4-3-5-8-14/h3-10,12-13H,11H2,1-2H3,(H,32,33,34). The maximum absolute atomic E-state index is 14.8. The van der Waals surface area contributed by atoms with Gasteiger partial charge in [-0.25, -0.2) is 14.2 Å². The number of halogens is 4. The summed E-state index contributed by atoms with van der Waals surface area (Å²) in [5.41, 5.74) is 1.82. The second-order valence-electron chi connectivity index (χ2n) is 8.28. The average Bonchev–Trinajstić information content (AvgIpc) is 3.31. The molecule has 0 unspecified atom stereocenters. The normalized spacial score (nSPS) is 11.6. The lowest BCUT2D eigenvalue weighted by Gasteiger charge is -2.16. The lowest BCUT2D eigenvalue weighted by atomic mass is 9.98. The van der Waals surface area contributed by atoms with Crippen LogP contribution in [0.2, 0.25) is 0 Å². The predicted molar refractivity (Wildman–Crippen MR) is 131 cm³/mol. The Morgan fingerprint density at radius 1 is 0.947 bits per heavy atom. The van der Waals surface area contributed by atoms with Crippen LogP contribution in [0.15, 0.2) is 60.7 Å². The third-order valence-corrected chi connectivity index (χ3v) is 5.96. The number of hydrogen-bond acceptors (Lipinski definition) is 6. The molecule has 0 saturated carbocycles. The Balaban J connectivity index is 1.80. The minimum Gasteiger partial charge on any atom is -0.493 e. The molecule has 5 rings (SSSR count). The summed E-state index contributed by atoms with van der Waals surface area (Å²) >= 11 is 0. The number of benzene rings is 3. The zero-order valence-electron chi connectivity index (χ0n) is 20.0. The summed E-state index contributed by atoms with van der Waals surface area (Å²) < 4.78 is 69.1. The van der Waals surface area contributed by atoms with Crippen molar-refractivity contribution in [1.29, 1.82) is 0 Å². The van der Waals surface area contributed by atoms with Gasteiger partial charge >= 0.3 is 12.1 Å². The Kier molecular flexibility index (Phi) is 6.35. The highest BCUT2D eigenvalue weighted by molar-refractivity contribution is 6.12. The Hall–Kier alpha value is -4.67. The Morgan fingerprint density at radius 2 is 1.63 bits per heavy atom. The predicted octanol–water partition coefficient (Wildman–Crippen LogP) is 5.99. The number of carbonyl (C=O) groups is 1. The van der Waals surface area contributed by atoms with E-state index in [1.165, 1.54) is 26.4 Å². The summed E-state index contributed by atoms with van der Waals surface area (Å²) in [5, 5.41) is 8.89. The van der Waals surface area contributed by atoms with E-state index in [1.54, 1.807) is 12.1 Å². The van der Waals surface area contributed by atoms with Crippen molar-refractivity contribution in [2.45, 2.75) is 12.6 Å². The van der Waals surface area contributed by atoms with Crippen molar-refractivity contribution in [2.24, 2.45) is 0 Å². The first-order valence-electron chi connectivity index (χ1n) is 11.3. The highest BCUT2D eigenvalue weighted by Gasteiger charge is 2.42. The summed E-state index contributed by atoms with van der Waals surface area (Å²) in [6.07, 6.45) is -4.85. The Labute approximate surface area is 213 Å². The van der Waals surface area contributed by atoms with Crippen LogP contribution in [0.5, 0.6) is 17.2 Å². The number of H-pyrrole nitrogens is 1. The summed E-state index contributed by atoms with van der Waals surface area (Å²) in [6.45, 7) is 0. The molecular formula is C27H19F4N3O4. The lowest BCUT2D eigenvalue weighted by molar-refractivity contribution is -0.189. The molecule has 2 aromatic heterocycles. The topological polar surface area (TPSA) is 86.3 Å². The van der Waals surface area contributed by atoms with Gasteiger partial charge in [-0.15, -0.1) is 0 Å². The molecule has 0 bridgehead atoms. The van der Waals surface area contributed by atoms with Crippen LogP contribution in [-0.4, -0.2) is 41.5 Å². The molecule has 0 aliphatic heterocycles. The number of alkyl halides is 3. The molecule has 0 spiro atoms. The largest absolute Gasteiger partial charge is 0.493 e. The van der Waals surface area contributed by atoms with Crippen molar-refractivity contribution < 1.29 is 36.6 Å². The highest BCUT2D eigenvalue weighted by Crippen LogP contribution is 2.43. The number of nitrogens with zero attached hydrogens (tertiary/aromatic N) is 2. The minimum atomic E-state index is -5.33. The molecule has 0 saturated heterocycles. The van der Waals surface area contributed by atoms with Crippen LogP contribution in [0, 0.1) is 5.82 Å². The number of aromatic amines is 1. The number of rotatable bonds is 6. The van der Waals surface area contributed by atoms with Crippen LogP contribution >= 0.6 is 0 Å². The molecule has 0 amide bonds. The number of carbonyl (C=O) groups excluding carboxylic acids is 1. The zero-order chi connectivity index (χ0) is 27.0. The second kappa shape index (κ2) is 9.66. The summed E-state index contributed by atoms with van der Waals surface area (Å²) in [4.78, 5) is 16.2. The van der Waals surface area contributed by atoms with Crippen LogP contribution in [0.4, 0.5) is 17.6 Å². The first kappa shape index (κ1) is 25.0. The fraction of sp³-hybridized carbons (Fsp3) is 0.148. The van der Waals surface area contributed by atoms with Gasteiger partial charge in [0, 0.05) is 28.5 Å². The lowest BCUT2D eigenvalue weighted by Crippen LogP contribution is -2.28. The number of fused-ring (bicyclic) bond motifs is 3. The molecule has 11 heteroatoms. The number of methoxy groups -OCH3 is 2. The number of esters is 1. The van der Waals surface area contributed by atoms with Crippen LogP contribution in [-0.2, 0) is 11.2 Å². The van der Waals surface area contributed by atoms with E-state index in [9.17, 15) is 22.4 Å². The van der Waals surface area contributed by atoms with E-state index >= 15 is 0 Å². The van der Waals surface area contributed by atoms with E-state index in [-0.39, 0.29) is 16.9 Å². The summed E-state index contributed by atoms with van der Waals surface area (Å²) in [7, 11) is 2.89. The van der Waals surface area contributed by atoms with Crippen molar-refractivity contribution in [1.82, 2.24) is 15.2 Å². The third kappa shape index (κ3) is 4.47. The van der Waals surface area contributed by atoms with Crippen molar-refractivity contribution in [3.8, 4) is 28.5 Å². The third-order valence-electron chi connectivity index (χ3n) is 5.96. The SMILES string of the molecule is COc1cc2c(-c3cccc(F)c3OC(=O)C(F)(F)F)nc3n[nH]c(Cc4ccccc4)c3c2cc1OC. The molecule has 2 heterocycles. The minimum absolute atomic E-state index is 0.0377. The van der Waals surface area contributed by atoms with Gasteiger partial charge in [0.15, 0.2) is 28.7 Å². The van der Waals surface area contributed by atoms with E-state index in [2.05, 4.69) is 19.9 Å².